The second kappa shape index (κ2) is 6.76. The summed E-state index contributed by atoms with van der Waals surface area (Å²) in [5.41, 5.74) is 4.28. The molecule has 0 unspecified atom stereocenters. The Bertz CT molecular complexity index is 853. The molecule has 144 valence electrons. The van der Waals surface area contributed by atoms with E-state index in [1.54, 1.807) is 0 Å². The highest BCUT2D eigenvalue weighted by Gasteiger charge is 2.39. The van der Waals surface area contributed by atoms with E-state index < -0.39 is 0 Å². The third-order valence-corrected chi connectivity index (χ3v) is 7.22. The second-order valence-electron chi connectivity index (χ2n) is 8.57. The number of piperazine rings is 1. The molecule has 3 aliphatic rings. The minimum atomic E-state index is 0.416. The standard InChI is InChI=1S/C21H29N5S/c1-24-6-8-26(9-7-24)21(27)23-15-11-17-16-4-3-5-18-20(16)14(12-22-18)10-19(17)25(2)13-15/h3-5,12,15,17,19,22H,6-11,13H2,1-2H3,(H,23,27)/t15-,17+,19+/m0/s1. The van der Waals surface area contributed by atoms with E-state index in [2.05, 4.69) is 63.5 Å². The molecule has 5 nitrogen and oxygen atoms in total. The molecule has 0 radical (unpaired) electrons. The fraction of sp³-hybridized carbons (Fsp3) is 0.571. The zero-order chi connectivity index (χ0) is 18.5. The second-order valence-corrected chi connectivity index (χ2v) is 8.96. The van der Waals surface area contributed by atoms with Crippen molar-refractivity contribution < 1.29 is 0 Å². The monoisotopic (exact) mass is 383 g/mol. The Kier molecular flexibility index (Phi) is 4.37. The summed E-state index contributed by atoms with van der Waals surface area (Å²) in [5, 5.41) is 6.11. The molecule has 3 atom stereocenters. The molecular formula is C21H29N5S. The molecule has 0 spiro atoms. The Balaban J connectivity index is 1.35. The van der Waals surface area contributed by atoms with Crippen LogP contribution in [-0.2, 0) is 6.42 Å². The highest BCUT2D eigenvalue weighted by molar-refractivity contribution is 7.80. The molecular weight excluding hydrogens is 354 g/mol. The van der Waals surface area contributed by atoms with Crippen molar-refractivity contribution in [1.29, 1.82) is 0 Å². The number of nitrogens with one attached hydrogen (secondary N) is 2. The Hall–Kier alpha value is -1.63. The normalized spacial score (nSPS) is 29.0. The Morgan fingerprint density at radius 2 is 2.00 bits per heavy atom. The van der Waals surface area contributed by atoms with Gasteiger partial charge < -0.3 is 25.0 Å². The largest absolute Gasteiger partial charge is 0.361 e. The summed E-state index contributed by atoms with van der Waals surface area (Å²) >= 11 is 5.76. The van der Waals surface area contributed by atoms with E-state index in [0.717, 1.165) is 50.7 Å². The molecule has 2 aromatic rings. The van der Waals surface area contributed by atoms with Crippen LogP contribution >= 0.6 is 12.2 Å². The SMILES string of the molecule is CN1CCN(C(=S)N[C@H]2C[C@@H]3c4cccc5[nH]cc(c45)C[C@H]3N(C)C2)CC1. The third kappa shape index (κ3) is 3.04. The Labute approximate surface area is 166 Å². The first kappa shape index (κ1) is 17.5. The van der Waals surface area contributed by atoms with Gasteiger partial charge in [0.1, 0.15) is 0 Å². The van der Waals surface area contributed by atoms with Crippen molar-refractivity contribution in [3.8, 4) is 0 Å². The number of thiocarbonyl (C=S) groups is 1. The molecule has 1 aliphatic carbocycles. The van der Waals surface area contributed by atoms with Crippen LogP contribution in [-0.4, -0.2) is 83.7 Å². The first-order chi connectivity index (χ1) is 13.1. The summed E-state index contributed by atoms with van der Waals surface area (Å²) in [6.45, 7) is 5.31. The molecule has 0 amide bonds. The van der Waals surface area contributed by atoms with Gasteiger partial charge in [0.2, 0.25) is 0 Å². The molecule has 2 fully saturated rings. The maximum absolute atomic E-state index is 5.76. The number of aromatic nitrogens is 1. The van der Waals surface area contributed by atoms with Gasteiger partial charge in [-0.15, -0.1) is 0 Å². The van der Waals surface area contributed by atoms with Gasteiger partial charge in [-0.05, 0) is 56.3 Å². The first-order valence-electron chi connectivity index (χ1n) is 10.1. The minimum Gasteiger partial charge on any atom is -0.361 e. The lowest BCUT2D eigenvalue weighted by Gasteiger charge is -2.46. The smallest absolute Gasteiger partial charge is 0.169 e. The molecule has 0 saturated carbocycles. The van der Waals surface area contributed by atoms with Crippen LogP contribution in [0.25, 0.3) is 10.9 Å². The van der Waals surface area contributed by atoms with E-state index in [4.69, 9.17) is 12.2 Å². The molecule has 2 N–H and O–H groups in total. The summed E-state index contributed by atoms with van der Waals surface area (Å²) in [7, 11) is 4.46. The van der Waals surface area contributed by atoms with Crippen molar-refractivity contribution in [2.24, 2.45) is 0 Å². The van der Waals surface area contributed by atoms with Gasteiger partial charge >= 0.3 is 0 Å². The molecule has 3 heterocycles. The Morgan fingerprint density at radius 1 is 1.19 bits per heavy atom. The number of likely N-dealkylation sites (N-methyl/N-ethyl adjacent to an activating group) is 2. The zero-order valence-corrected chi connectivity index (χ0v) is 17.1. The van der Waals surface area contributed by atoms with Gasteiger partial charge in [-0.3, -0.25) is 0 Å². The average molecular weight is 384 g/mol. The zero-order valence-electron chi connectivity index (χ0n) is 16.2. The topological polar surface area (TPSA) is 37.5 Å². The molecule has 1 aromatic heterocycles. The van der Waals surface area contributed by atoms with Crippen LogP contribution in [0, 0.1) is 0 Å². The van der Waals surface area contributed by atoms with E-state index in [-0.39, 0.29) is 0 Å². The highest BCUT2D eigenvalue weighted by Crippen LogP contribution is 2.42. The summed E-state index contributed by atoms with van der Waals surface area (Å²) in [6, 6.07) is 7.75. The van der Waals surface area contributed by atoms with Gasteiger partial charge in [0.25, 0.3) is 0 Å². The predicted octanol–water partition coefficient (Wildman–Crippen LogP) is 2.00. The average Bonchev–Trinajstić information content (AvgIpc) is 3.08. The fourth-order valence-corrected chi connectivity index (χ4v) is 5.67. The fourth-order valence-electron chi connectivity index (χ4n) is 5.32. The number of hydrogen-bond acceptors (Lipinski definition) is 3. The van der Waals surface area contributed by atoms with Crippen LogP contribution in [0.15, 0.2) is 24.4 Å². The van der Waals surface area contributed by atoms with E-state index >= 15 is 0 Å². The Morgan fingerprint density at radius 3 is 2.81 bits per heavy atom. The molecule has 2 aliphatic heterocycles. The number of rotatable bonds is 1. The van der Waals surface area contributed by atoms with Crippen LogP contribution in [0.3, 0.4) is 0 Å². The van der Waals surface area contributed by atoms with Gasteiger partial charge in [0.15, 0.2) is 5.11 Å². The van der Waals surface area contributed by atoms with Crippen molar-refractivity contribution in [3.05, 3.63) is 35.5 Å². The molecule has 6 heteroatoms. The third-order valence-electron chi connectivity index (χ3n) is 6.84. The summed E-state index contributed by atoms with van der Waals surface area (Å²) < 4.78 is 0. The minimum absolute atomic E-state index is 0.416. The number of nitrogens with zero attached hydrogens (tertiary/aromatic N) is 3. The van der Waals surface area contributed by atoms with Gasteiger partial charge in [-0.2, -0.15) is 0 Å². The number of H-pyrrole nitrogens is 1. The van der Waals surface area contributed by atoms with Crippen LogP contribution in [0.4, 0.5) is 0 Å². The van der Waals surface area contributed by atoms with Gasteiger partial charge in [-0.25, -0.2) is 0 Å². The molecule has 0 bridgehead atoms. The first-order valence-corrected chi connectivity index (χ1v) is 10.5. The quantitative estimate of drug-likeness (QED) is 0.737. The maximum atomic E-state index is 5.76. The van der Waals surface area contributed by atoms with Crippen molar-refractivity contribution in [1.82, 2.24) is 25.0 Å². The van der Waals surface area contributed by atoms with E-state index in [1.807, 2.05) is 0 Å². The molecule has 5 rings (SSSR count). The maximum Gasteiger partial charge on any atom is 0.169 e. The van der Waals surface area contributed by atoms with Crippen molar-refractivity contribution in [3.63, 3.8) is 0 Å². The number of likely N-dealkylation sites (tertiary alicyclic amines) is 1. The summed E-state index contributed by atoms with van der Waals surface area (Å²) in [6.07, 6.45) is 4.52. The van der Waals surface area contributed by atoms with Gasteiger partial charge in [0.05, 0.1) is 0 Å². The van der Waals surface area contributed by atoms with Crippen molar-refractivity contribution in [2.75, 3.05) is 46.8 Å². The van der Waals surface area contributed by atoms with Crippen LogP contribution in [0.1, 0.15) is 23.5 Å². The number of piperidine rings is 1. The van der Waals surface area contributed by atoms with E-state index in [1.165, 1.54) is 22.0 Å². The number of fused-ring (bicyclic) bond motifs is 2. The van der Waals surface area contributed by atoms with Gasteiger partial charge in [0, 0.05) is 67.8 Å². The molecule has 1 aromatic carbocycles. The van der Waals surface area contributed by atoms with Gasteiger partial charge in [-0.1, -0.05) is 12.1 Å². The lowest BCUT2D eigenvalue weighted by Crippen LogP contribution is -2.58. The van der Waals surface area contributed by atoms with Crippen LogP contribution in [0.5, 0.6) is 0 Å². The number of benzene rings is 1. The lowest BCUT2D eigenvalue weighted by atomic mass is 9.74. The molecule has 2 saturated heterocycles. The predicted molar refractivity (Wildman–Crippen MR) is 114 cm³/mol. The highest BCUT2D eigenvalue weighted by atomic mass is 32.1. The lowest BCUT2D eigenvalue weighted by molar-refractivity contribution is 0.132. The number of hydrogen-bond donors (Lipinski definition) is 2. The van der Waals surface area contributed by atoms with E-state index in [0.29, 0.717) is 18.0 Å². The summed E-state index contributed by atoms with van der Waals surface area (Å²) in [4.78, 5) is 10.7. The van der Waals surface area contributed by atoms with Crippen molar-refractivity contribution in [2.45, 2.75) is 30.8 Å². The number of aromatic amines is 1. The molecule has 27 heavy (non-hydrogen) atoms. The summed E-state index contributed by atoms with van der Waals surface area (Å²) in [5.74, 6) is 0.573. The van der Waals surface area contributed by atoms with Crippen LogP contribution < -0.4 is 5.32 Å². The van der Waals surface area contributed by atoms with Crippen molar-refractivity contribution >= 4 is 28.2 Å². The van der Waals surface area contributed by atoms with Crippen LogP contribution in [0.2, 0.25) is 0 Å². The van der Waals surface area contributed by atoms with E-state index in [9.17, 15) is 0 Å².